The number of nitrogens with one attached hydrogen (secondary N) is 2. The van der Waals surface area contributed by atoms with E-state index in [2.05, 4.69) is 20.6 Å². The summed E-state index contributed by atoms with van der Waals surface area (Å²) in [6, 6.07) is 14.9. The molecule has 0 saturated carbocycles. The minimum absolute atomic E-state index is 0.00735. The van der Waals surface area contributed by atoms with E-state index in [1.807, 2.05) is 41.0 Å². The average molecular weight is 696 g/mol. The number of carbonyl (C=O) groups excluding carboxylic acids is 3. The second kappa shape index (κ2) is 16.3. The molecule has 2 atom stereocenters. The molecule has 2 aromatic carbocycles. The van der Waals surface area contributed by atoms with Gasteiger partial charge in [-0.1, -0.05) is 35.3 Å². The third-order valence-electron chi connectivity index (χ3n) is 8.74. The normalized spacial score (nSPS) is 16.0. The summed E-state index contributed by atoms with van der Waals surface area (Å²) in [4.78, 5) is 48.1. The Kier molecular flexibility index (Phi) is 11.9. The van der Waals surface area contributed by atoms with E-state index in [4.69, 9.17) is 32.7 Å². The highest BCUT2D eigenvalue weighted by Crippen LogP contribution is 2.36. The number of ether oxygens (including phenoxy) is 2. The first-order valence-corrected chi connectivity index (χ1v) is 16.7. The lowest BCUT2D eigenvalue weighted by Crippen LogP contribution is -2.48. The van der Waals surface area contributed by atoms with Gasteiger partial charge in [-0.05, 0) is 68.1 Å². The van der Waals surface area contributed by atoms with E-state index in [-0.39, 0.29) is 48.1 Å². The van der Waals surface area contributed by atoms with Crippen molar-refractivity contribution in [3.8, 4) is 11.8 Å². The summed E-state index contributed by atoms with van der Waals surface area (Å²) in [5.41, 5.74) is 3.26. The number of aromatic nitrogens is 3. The number of likely N-dealkylation sites (N-methyl/N-ethyl adjacent to an activating group) is 1. The molecule has 5 rings (SSSR count). The Bertz CT molecular complexity index is 1760. The van der Waals surface area contributed by atoms with E-state index in [0.717, 1.165) is 30.5 Å². The predicted molar refractivity (Wildman–Crippen MR) is 186 cm³/mol. The van der Waals surface area contributed by atoms with Gasteiger partial charge in [0.2, 0.25) is 11.8 Å². The summed E-state index contributed by atoms with van der Waals surface area (Å²) >= 11 is 13.4. The maximum atomic E-state index is 13.1. The van der Waals surface area contributed by atoms with Gasteiger partial charge in [-0.2, -0.15) is 4.98 Å². The summed E-state index contributed by atoms with van der Waals surface area (Å²) in [6.07, 6.45) is 4.71. The highest BCUT2D eigenvalue weighted by molar-refractivity contribution is 6.38. The van der Waals surface area contributed by atoms with Crippen molar-refractivity contribution >= 4 is 57.5 Å². The van der Waals surface area contributed by atoms with Gasteiger partial charge in [0, 0.05) is 50.1 Å². The van der Waals surface area contributed by atoms with Crippen LogP contribution >= 0.6 is 23.2 Å². The summed E-state index contributed by atoms with van der Waals surface area (Å²) < 4.78 is 13.7. The molecule has 4 aromatic rings. The molecule has 1 aliphatic heterocycles. The van der Waals surface area contributed by atoms with Gasteiger partial charge < -0.3 is 25.0 Å². The number of amides is 2. The molecule has 1 fully saturated rings. The van der Waals surface area contributed by atoms with Crippen LogP contribution in [-0.2, 0) is 27.5 Å². The predicted octanol–water partition coefficient (Wildman–Crippen LogP) is 5.58. The number of Topliss-reactive ketones (excluding diaryl/α,β-unsaturated/α-hetero) is 1. The fourth-order valence-electron chi connectivity index (χ4n) is 5.90. The number of hydrogen-bond donors (Lipinski definition) is 2. The molecule has 0 spiro atoms. The number of carbonyl (C=O) groups is 3. The minimum atomic E-state index is -0.234. The van der Waals surface area contributed by atoms with Crippen molar-refractivity contribution in [1.82, 2.24) is 25.2 Å². The van der Waals surface area contributed by atoms with Crippen molar-refractivity contribution < 1.29 is 23.9 Å². The largest absolute Gasteiger partial charge is 0.486 e. The van der Waals surface area contributed by atoms with Gasteiger partial charge in [0.25, 0.3) is 6.01 Å². The van der Waals surface area contributed by atoms with Crippen LogP contribution in [0, 0.1) is 5.92 Å². The Balaban J connectivity index is 1.19. The number of rotatable bonds is 14. The number of anilines is 1. The zero-order valence-electron chi connectivity index (χ0n) is 27.3. The van der Waals surface area contributed by atoms with Crippen LogP contribution in [0.25, 0.3) is 11.0 Å². The molecule has 2 amide bonds. The van der Waals surface area contributed by atoms with Crippen LogP contribution in [0.1, 0.15) is 49.8 Å². The maximum absolute atomic E-state index is 13.1. The maximum Gasteiger partial charge on any atom is 0.297 e. The lowest BCUT2D eigenvalue weighted by atomic mass is 9.89. The molecule has 2 aromatic heterocycles. The Morgan fingerprint density at radius 2 is 1.90 bits per heavy atom. The average Bonchev–Trinajstić information content (AvgIpc) is 3.47. The number of pyridine rings is 1. The van der Waals surface area contributed by atoms with E-state index >= 15 is 0 Å². The first-order valence-electron chi connectivity index (χ1n) is 16.0. The lowest BCUT2D eigenvalue weighted by Gasteiger charge is -2.28. The van der Waals surface area contributed by atoms with Crippen molar-refractivity contribution in [3.05, 3.63) is 76.0 Å². The number of hydrogen-bond acceptors (Lipinski definition) is 8. The van der Waals surface area contributed by atoms with Gasteiger partial charge in [-0.3, -0.25) is 23.9 Å². The van der Waals surface area contributed by atoms with Gasteiger partial charge in [0.15, 0.2) is 0 Å². The molecule has 254 valence electrons. The Morgan fingerprint density at radius 1 is 1.06 bits per heavy atom. The van der Waals surface area contributed by atoms with E-state index in [1.54, 1.807) is 39.5 Å². The van der Waals surface area contributed by atoms with Gasteiger partial charge in [-0.25, -0.2) is 0 Å². The van der Waals surface area contributed by atoms with Crippen LogP contribution in [0.15, 0.2) is 54.7 Å². The molecule has 3 heterocycles. The van der Waals surface area contributed by atoms with Crippen molar-refractivity contribution in [1.29, 1.82) is 0 Å². The number of halogens is 2. The third kappa shape index (κ3) is 8.26. The van der Waals surface area contributed by atoms with E-state index in [1.165, 1.54) is 4.90 Å². The smallest absolute Gasteiger partial charge is 0.297 e. The molecule has 2 N–H and O–H groups in total. The van der Waals surface area contributed by atoms with Crippen LogP contribution in [0.3, 0.4) is 0 Å². The molecule has 48 heavy (non-hydrogen) atoms. The molecule has 1 aliphatic rings. The van der Waals surface area contributed by atoms with Crippen LogP contribution in [0.2, 0.25) is 10.0 Å². The first-order chi connectivity index (χ1) is 23.2. The van der Waals surface area contributed by atoms with E-state index < -0.39 is 0 Å². The lowest BCUT2D eigenvalue weighted by molar-refractivity contribution is -0.124. The SMILES string of the molecule is CNC(=O)[C@@H]1CC[C@H](CCC(=O)CCC(=O)N(C)c2ccc(Cl)c(COc3cccc4c3nc(OC)n4Cc3ccccn3)c2Cl)CN1. The summed E-state index contributed by atoms with van der Waals surface area (Å²) in [5, 5.41) is 6.60. The third-order valence-corrected chi connectivity index (χ3v) is 9.51. The zero-order chi connectivity index (χ0) is 34.2. The van der Waals surface area contributed by atoms with Crippen LogP contribution in [0.4, 0.5) is 5.69 Å². The standard InChI is InChI=1S/C35H40Cl2N6O5/c1-38-34(46)27-15-11-22(19-40-27)10-12-24(44)13-17-31(45)42(2)28-16-14-26(36)25(32(28)37)21-48-30-9-6-8-29-33(30)41-35(47-3)43(29)20-23-7-4-5-18-39-23/h4-9,14,16,18,22,27,40H,10-13,15,17,19-21H2,1-3H3,(H,38,46)/t22-,27-/m0/s1. The van der Waals surface area contributed by atoms with Crippen molar-refractivity contribution in [2.75, 3.05) is 32.6 Å². The van der Waals surface area contributed by atoms with Crippen molar-refractivity contribution in [3.63, 3.8) is 0 Å². The summed E-state index contributed by atoms with van der Waals surface area (Å²) in [7, 11) is 4.82. The Labute approximate surface area is 289 Å². The topological polar surface area (TPSA) is 128 Å². The zero-order valence-corrected chi connectivity index (χ0v) is 28.8. The summed E-state index contributed by atoms with van der Waals surface area (Å²) in [6.45, 7) is 1.20. The number of ketones is 1. The quantitative estimate of drug-likeness (QED) is 0.175. The van der Waals surface area contributed by atoms with Gasteiger partial charge in [0.05, 0.1) is 41.6 Å². The van der Waals surface area contributed by atoms with Crippen molar-refractivity contribution in [2.45, 2.75) is 57.7 Å². The number of fused-ring (bicyclic) bond motifs is 1. The Morgan fingerprint density at radius 3 is 2.60 bits per heavy atom. The second-order valence-corrected chi connectivity index (χ2v) is 12.6. The van der Waals surface area contributed by atoms with Gasteiger partial charge in [0.1, 0.15) is 23.7 Å². The molecule has 1 saturated heterocycles. The number of piperidine rings is 1. The molecule has 0 bridgehead atoms. The van der Waals surface area contributed by atoms with Gasteiger partial charge >= 0.3 is 0 Å². The number of nitrogens with zero attached hydrogens (tertiary/aromatic N) is 4. The summed E-state index contributed by atoms with van der Waals surface area (Å²) in [5.74, 6) is 0.642. The number of benzene rings is 2. The molecule has 13 heteroatoms. The highest BCUT2D eigenvalue weighted by Gasteiger charge is 2.26. The number of para-hydroxylation sites is 1. The Hall–Kier alpha value is -4.19. The molecule has 11 nitrogen and oxygen atoms in total. The molecule has 0 aliphatic carbocycles. The molecular weight excluding hydrogens is 655 g/mol. The second-order valence-electron chi connectivity index (χ2n) is 11.8. The number of imidazole rings is 1. The van der Waals surface area contributed by atoms with E-state index in [0.29, 0.717) is 59.0 Å². The number of methoxy groups -OCH3 is 1. The fraction of sp³-hybridized carbons (Fsp3) is 0.400. The van der Waals surface area contributed by atoms with E-state index in [9.17, 15) is 14.4 Å². The van der Waals surface area contributed by atoms with Crippen LogP contribution in [0.5, 0.6) is 11.8 Å². The van der Waals surface area contributed by atoms with Gasteiger partial charge in [-0.15, -0.1) is 0 Å². The highest BCUT2D eigenvalue weighted by atomic mass is 35.5. The minimum Gasteiger partial charge on any atom is -0.486 e. The van der Waals surface area contributed by atoms with Crippen LogP contribution in [-0.4, -0.2) is 65.9 Å². The molecule has 0 radical (unpaired) electrons. The van der Waals surface area contributed by atoms with Crippen molar-refractivity contribution in [2.24, 2.45) is 5.92 Å². The molecule has 0 unspecified atom stereocenters. The molecular formula is C35H40Cl2N6O5. The fourth-order valence-corrected chi connectivity index (χ4v) is 6.51. The van der Waals surface area contributed by atoms with Crippen LogP contribution < -0.4 is 25.0 Å². The monoisotopic (exact) mass is 694 g/mol. The first kappa shape index (κ1) is 35.1.